The lowest BCUT2D eigenvalue weighted by atomic mass is 10.2. The third-order valence-electron chi connectivity index (χ3n) is 2.99. The third kappa shape index (κ3) is 3.42. The second-order valence-corrected chi connectivity index (χ2v) is 7.41. The van der Waals surface area contributed by atoms with Gasteiger partial charge in [-0.15, -0.1) is 0 Å². The van der Waals surface area contributed by atoms with Gasteiger partial charge in [-0.1, -0.05) is 34.1 Å². The van der Waals surface area contributed by atoms with E-state index >= 15 is 0 Å². The summed E-state index contributed by atoms with van der Waals surface area (Å²) in [5, 5.41) is 0. The molecule has 0 unspecified atom stereocenters. The van der Waals surface area contributed by atoms with Gasteiger partial charge >= 0.3 is 0 Å². The monoisotopic (exact) mass is 372 g/mol. The first-order chi connectivity index (χ1) is 9.82. The van der Waals surface area contributed by atoms with Crippen LogP contribution in [0.5, 0.6) is 0 Å². The van der Waals surface area contributed by atoms with E-state index in [4.69, 9.17) is 5.73 Å². The Morgan fingerprint density at radius 3 is 2.57 bits per heavy atom. The lowest BCUT2D eigenvalue weighted by Crippen LogP contribution is -2.27. The van der Waals surface area contributed by atoms with Crippen molar-refractivity contribution in [2.75, 3.05) is 12.8 Å². The van der Waals surface area contributed by atoms with Crippen LogP contribution in [0, 0.1) is 5.82 Å². The maximum Gasteiger partial charge on any atom is 0.246 e. The molecule has 0 aliphatic heterocycles. The number of anilines is 1. The zero-order valence-electron chi connectivity index (χ0n) is 11.3. The highest BCUT2D eigenvalue weighted by atomic mass is 79.9. The Kier molecular flexibility index (Phi) is 4.65. The SMILES string of the molecule is CN(Cc1ccccc1Br)S(=O)(=O)c1cc(N)ccc1F. The summed E-state index contributed by atoms with van der Waals surface area (Å²) in [6.45, 7) is 0.123. The van der Waals surface area contributed by atoms with Gasteiger partial charge < -0.3 is 5.73 Å². The van der Waals surface area contributed by atoms with Crippen LogP contribution >= 0.6 is 15.9 Å². The van der Waals surface area contributed by atoms with Crippen molar-refractivity contribution in [2.45, 2.75) is 11.4 Å². The number of nitrogen functional groups attached to an aromatic ring is 1. The summed E-state index contributed by atoms with van der Waals surface area (Å²) in [5.41, 5.74) is 6.53. The van der Waals surface area contributed by atoms with E-state index in [1.54, 1.807) is 6.07 Å². The van der Waals surface area contributed by atoms with Crippen LogP contribution < -0.4 is 5.73 Å². The molecule has 0 heterocycles. The molecule has 0 bridgehead atoms. The van der Waals surface area contributed by atoms with Gasteiger partial charge in [0.1, 0.15) is 10.7 Å². The molecule has 112 valence electrons. The first-order valence-electron chi connectivity index (χ1n) is 6.07. The lowest BCUT2D eigenvalue weighted by molar-refractivity contribution is 0.459. The minimum Gasteiger partial charge on any atom is -0.399 e. The summed E-state index contributed by atoms with van der Waals surface area (Å²) in [7, 11) is -2.55. The summed E-state index contributed by atoms with van der Waals surface area (Å²) in [5.74, 6) is -0.817. The Balaban J connectivity index is 2.35. The minimum absolute atomic E-state index is 0.123. The molecular weight excluding hydrogens is 359 g/mol. The van der Waals surface area contributed by atoms with Crippen LogP contribution in [0.1, 0.15) is 5.56 Å². The largest absolute Gasteiger partial charge is 0.399 e. The van der Waals surface area contributed by atoms with Gasteiger partial charge in [-0.3, -0.25) is 0 Å². The van der Waals surface area contributed by atoms with Gasteiger partial charge in [0, 0.05) is 23.8 Å². The van der Waals surface area contributed by atoms with Crippen molar-refractivity contribution in [3.05, 3.63) is 58.3 Å². The summed E-state index contributed by atoms with van der Waals surface area (Å²) in [6, 6.07) is 10.8. The Bertz CT molecular complexity index is 765. The zero-order chi connectivity index (χ0) is 15.6. The van der Waals surface area contributed by atoms with E-state index in [1.165, 1.54) is 13.1 Å². The van der Waals surface area contributed by atoms with Crippen molar-refractivity contribution >= 4 is 31.6 Å². The van der Waals surface area contributed by atoms with Crippen molar-refractivity contribution in [1.82, 2.24) is 4.31 Å². The molecule has 0 spiro atoms. The van der Waals surface area contributed by atoms with E-state index in [1.807, 2.05) is 18.2 Å². The number of sulfonamides is 1. The molecule has 0 fully saturated rings. The molecule has 4 nitrogen and oxygen atoms in total. The molecule has 2 rings (SSSR count). The molecule has 0 amide bonds. The van der Waals surface area contributed by atoms with E-state index in [0.717, 1.165) is 26.5 Å². The van der Waals surface area contributed by atoms with Gasteiger partial charge in [0.15, 0.2) is 0 Å². The molecule has 2 N–H and O–H groups in total. The number of rotatable bonds is 4. The molecular formula is C14H14BrFN2O2S. The van der Waals surface area contributed by atoms with Crippen LogP contribution in [0.4, 0.5) is 10.1 Å². The standard InChI is InChI=1S/C14H14BrFN2O2S/c1-18(9-10-4-2-3-5-12(10)15)21(19,20)14-8-11(17)6-7-13(14)16/h2-8H,9,17H2,1H3. The van der Waals surface area contributed by atoms with Crippen LogP contribution in [0.25, 0.3) is 0 Å². The maximum absolute atomic E-state index is 13.8. The van der Waals surface area contributed by atoms with Crippen LogP contribution in [-0.2, 0) is 16.6 Å². The maximum atomic E-state index is 13.8. The number of nitrogens with zero attached hydrogens (tertiary/aromatic N) is 1. The normalized spacial score (nSPS) is 11.8. The van der Waals surface area contributed by atoms with Crippen molar-refractivity contribution in [1.29, 1.82) is 0 Å². The van der Waals surface area contributed by atoms with Gasteiger partial charge in [0.25, 0.3) is 0 Å². The first kappa shape index (κ1) is 15.9. The van der Waals surface area contributed by atoms with Crippen LogP contribution in [0.3, 0.4) is 0 Å². The van der Waals surface area contributed by atoms with Crippen LogP contribution in [0.15, 0.2) is 51.8 Å². The fourth-order valence-corrected chi connectivity index (χ4v) is 3.49. The molecule has 0 aromatic heterocycles. The van der Waals surface area contributed by atoms with Crippen molar-refractivity contribution in [3.63, 3.8) is 0 Å². The highest BCUT2D eigenvalue weighted by Crippen LogP contribution is 2.24. The molecule has 21 heavy (non-hydrogen) atoms. The average molecular weight is 373 g/mol. The van der Waals surface area contributed by atoms with Crippen LogP contribution in [0.2, 0.25) is 0 Å². The van der Waals surface area contributed by atoms with E-state index in [-0.39, 0.29) is 12.2 Å². The quantitative estimate of drug-likeness (QED) is 0.839. The van der Waals surface area contributed by atoms with Gasteiger partial charge in [-0.2, -0.15) is 4.31 Å². The molecule has 2 aromatic rings. The molecule has 2 aromatic carbocycles. The van der Waals surface area contributed by atoms with Gasteiger partial charge in [0.05, 0.1) is 0 Å². The summed E-state index contributed by atoms with van der Waals surface area (Å²) >= 11 is 3.36. The van der Waals surface area contributed by atoms with Crippen LogP contribution in [-0.4, -0.2) is 19.8 Å². The smallest absolute Gasteiger partial charge is 0.246 e. The molecule has 7 heteroatoms. The van der Waals surface area contributed by atoms with E-state index in [0.29, 0.717) is 0 Å². The van der Waals surface area contributed by atoms with E-state index in [2.05, 4.69) is 15.9 Å². The average Bonchev–Trinajstić information content (AvgIpc) is 2.43. The minimum atomic E-state index is -3.95. The molecule has 0 saturated heterocycles. The number of hydrogen-bond donors (Lipinski definition) is 1. The zero-order valence-corrected chi connectivity index (χ0v) is 13.7. The Hall–Kier alpha value is -1.44. The van der Waals surface area contributed by atoms with Crippen molar-refractivity contribution < 1.29 is 12.8 Å². The third-order valence-corrected chi connectivity index (χ3v) is 5.59. The predicted molar refractivity (Wildman–Crippen MR) is 83.6 cm³/mol. The molecule has 0 radical (unpaired) electrons. The fourth-order valence-electron chi connectivity index (χ4n) is 1.84. The first-order valence-corrected chi connectivity index (χ1v) is 8.30. The lowest BCUT2D eigenvalue weighted by Gasteiger charge is -2.18. The highest BCUT2D eigenvalue weighted by molar-refractivity contribution is 9.10. The van der Waals surface area contributed by atoms with Gasteiger partial charge in [-0.05, 0) is 29.8 Å². The highest BCUT2D eigenvalue weighted by Gasteiger charge is 2.25. The fraction of sp³-hybridized carbons (Fsp3) is 0.143. The second kappa shape index (κ2) is 6.13. The second-order valence-electron chi connectivity index (χ2n) is 4.54. The predicted octanol–water partition coefficient (Wildman–Crippen LogP) is 2.99. The molecule has 0 saturated carbocycles. The summed E-state index contributed by atoms with van der Waals surface area (Å²) in [4.78, 5) is -0.419. The summed E-state index contributed by atoms with van der Waals surface area (Å²) in [6.07, 6.45) is 0. The van der Waals surface area contributed by atoms with Gasteiger partial charge in [-0.25, -0.2) is 12.8 Å². The number of nitrogens with two attached hydrogens (primary N) is 1. The Labute approximate surface area is 131 Å². The van der Waals surface area contributed by atoms with Gasteiger partial charge in [0.2, 0.25) is 10.0 Å². The Morgan fingerprint density at radius 1 is 1.24 bits per heavy atom. The van der Waals surface area contributed by atoms with E-state index in [9.17, 15) is 12.8 Å². The number of benzene rings is 2. The molecule has 0 aliphatic carbocycles. The van der Waals surface area contributed by atoms with Crippen molar-refractivity contribution in [2.24, 2.45) is 0 Å². The Morgan fingerprint density at radius 2 is 1.90 bits per heavy atom. The van der Waals surface area contributed by atoms with E-state index < -0.39 is 20.7 Å². The van der Waals surface area contributed by atoms with Crippen molar-refractivity contribution in [3.8, 4) is 0 Å². The molecule has 0 aliphatic rings. The number of halogens is 2. The number of hydrogen-bond acceptors (Lipinski definition) is 3. The molecule has 0 atom stereocenters. The topological polar surface area (TPSA) is 63.4 Å². The summed E-state index contributed by atoms with van der Waals surface area (Å²) < 4.78 is 40.5.